The van der Waals surface area contributed by atoms with Crippen molar-refractivity contribution in [2.45, 2.75) is 25.8 Å². The van der Waals surface area contributed by atoms with E-state index in [1.165, 1.54) is 24.3 Å². The van der Waals surface area contributed by atoms with Gasteiger partial charge in [0.2, 0.25) is 0 Å². The van der Waals surface area contributed by atoms with E-state index < -0.39 is 23.5 Å². The molecule has 2 heterocycles. The van der Waals surface area contributed by atoms with E-state index in [0.29, 0.717) is 11.2 Å². The number of nitrogens with zero attached hydrogens (tertiary/aromatic N) is 3. The first-order valence-electron chi connectivity index (χ1n) is 8.70. The molecule has 2 aromatic carbocycles. The summed E-state index contributed by atoms with van der Waals surface area (Å²) in [5, 5.41) is 3.81. The van der Waals surface area contributed by atoms with Gasteiger partial charge in [0.25, 0.3) is 5.89 Å². The maximum absolute atomic E-state index is 13.3. The van der Waals surface area contributed by atoms with Gasteiger partial charge in [-0.25, -0.2) is 0 Å². The van der Waals surface area contributed by atoms with Gasteiger partial charge >= 0.3 is 12.4 Å². The second-order valence-electron chi connectivity index (χ2n) is 6.70. The molecule has 156 valence electrons. The Balaban J connectivity index is 1.68. The van der Waals surface area contributed by atoms with Crippen LogP contribution >= 0.6 is 0 Å². The zero-order chi connectivity index (χ0) is 21.7. The summed E-state index contributed by atoms with van der Waals surface area (Å²) in [5.74, 6) is 0.0154. The lowest BCUT2D eigenvalue weighted by Gasteiger charge is -2.09. The van der Waals surface area contributed by atoms with Crippen molar-refractivity contribution in [1.82, 2.24) is 14.7 Å². The molecule has 4 aromatic rings. The average Bonchev–Trinajstić information content (AvgIpc) is 3.25. The van der Waals surface area contributed by atoms with E-state index in [0.717, 1.165) is 18.2 Å². The molecule has 0 amide bonds. The zero-order valence-electron chi connectivity index (χ0n) is 15.3. The van der Waals surface area contributed by atoms with Crippen molar-refractivity contribution in [2.75, 3.05) is 0 Å². The van der Waals surface area contributed by atoms with Gasteiger partial charge in [0, 0.05) is 22.2 Å². The van der Waals surface area contributed by atoms with Gasteiger partial charge in [-0.1, -0.05) is 17.3 Å². The number of fused-ring (bicyclic) bond motifs is 1. The summed E-state index contributed by atoms with van der Waals surface area (Å²) in [6.07, 6.45) is -9.02. The Morgan fingerprint density at radius 1 is 0.933 bits per heavy atom. The van der Waals surface area contributed by atoms with Crippen molar-refractivity contribution in [1.29, 1.82) is 0 Å². The van der Waals surface area contributed by atoms with Gasteiger partial charge < -0.3 is 9.09 Å². The van der Waals surface area contributed by atoms with Crippen LogP contribution < -0.4 is 0 Å². The van der Waals surface area contributed by atoms with Crippen LogP contribution in [-0.4, -0.2) is 14.7 Å². The molecule has 0 saturated carbocycles. The van der Waals surface area contributed by atoms with E-state index in [2.05, 4.69) is 10.1 Å². The topological polar surface area (TPSA) is 43.9 Å². The van der Waals surface area contributed by atoms with E-state index in [1.807, 2.05) is 0 Å². The molecule has 4 nitrogen and oxygen atoms in total. The molecule has 0 bridgehead atoms. The molecule has 4 rings (SSSR count). The summed E-state index contributed by atoms with van der Waals surface area (Å²) in [6, 6.07) is 9.73. The average molecular weight is 425 g/mol. The van der Waals surface area contributed by atoms with Gasteiger partial charge in [-0.05, 0) is 43.3 Å². The van der Waals surface area contributed by atoms with Crippen LogP contribution in [0.25, 0.3) is 22.4 Å². The van der Waals surface area contributed by atoms with Crippen LogP contribution in [0.2, 0.25) is 0 Å². The van der Waals surface area contributed by atoms with Crippen molar-refractivity contribution < 1.29 is 30.9 Å². The number of halogens is 6. The molecule has 0 radical (unpaired) electrons. The molecule has 0 aliphatic heterocycles. The maximum Gasteiger partial charge on any atom is 0.417 e. The quantitative estimate of drug-likeness (QED) is 0.374. The predicted octanol–water partition coefficient (Wildman–Crippen LogP) is 6.09. The second-order valence-corrected chi connectivity index (χ2v) is 6.70. The molecule has 0 aliphatic carbocycles. The molecule has 0 unspecified atom stereocenters. The first-order chi connectivity index (χ1) is 14.0. The molecule has 10 heteroatoms. The maximum atomic E-state index is 13.3. The van der Waals surface area contributed by atoms with Crippen LogP contribution in [0.5, 0.6) is 0 Å². The highest BCUT2D eigenvalue weighted by molar-refractivity contribution is 5.85. The fourth-order valence-corrected chi connectivity index (χ4v) is 3.28. The number of rotatable bonds is 3. The Hall–Kier alpha value is -3.30. The van der Waals surface area contributed by atoms with E-state index in [-0.39, 0.29) is 29.2 Å². The largest absolute Gasteiger partial charge is 0.417 e. The third-order valence-corrected chi connectivity index (χ3v) is 4.66. The molecule has 0 N–H and O–H groups in total. The SMILES string of the molecule is Cc1cc2c(C(F)(F)F)cccc2n1Cc1noc(-c2cccc(C(F)(F)F)c2)n1. The normalized spacial score (nSPS) is 12.6. The standard InChI is InChI=1S/C20H13F6N3O/c1-11-8-14-15(20(24,25)26)6-3-7-16(14)29(11)10-17-27-18(30-28-17)12-4-2-5-13(9-12)19(21,22)23/h2-9H,10H2,1H3. The van der Waals surface area contributed by atoms with Crippen LogP contribution in [0.1, 0.15) is 22.6 Å². The first kappa shape index (κ1) is 20.0. The highest BCUT2D eigenvalue weighted by atomic mass is 19.4. The van der Waals surface area contributed by atoms with Crippen LogP contribution in [-0.2, 0) is 18.9 Å². The van der Waals surface area contributed by atoms with E-state index >= 15 is 0 Å². The molecule has 0 aliphatic rings. The predicted molar refractivity (Wildman–Crippen MR) is 95.5 cm³/mol. The van der Waals surface area contributed by atoms with Crippen molar-refractivity contribution in [2.24, 2.45) is 0 Å². The number of hydrogen-bond donors (Lipinski definition) is 0. The van der Waals surface area contributed by atoms with Gasteiger partial charge in [0.15, 0.2) is 5.82 Å². The highest BCUT2D eigenvalue weighted by Crippen LogP contribution is 2.36. The molecule has 30 heavy (non-hydrogen) atoms. The van der Waals surface area contributed by atoms with Crippen molar-refractivity contribution in [3.05, 3.63) is 71.2 Å². The van der Waals surface area contributed by atoms with Crippen molar-refractivity contribution >= 4 is 10.9 Å². The van der Waals surface area contributed by atoms with Crippen molar-refractivity contribution in [3.63, 3.8) is 0 Å². The van der Waals surface area contributed by atoms with E-state index in [4.69, 9.17) is 4.52 Å². The summed E-state index contributed by atoms with van der Waals surface area (Å²) < 4.78 is 85.2. The van der Waals surface area contributed by atoms with Crippen molar-refractivity contribution in [3.8, 4) is 11.5 Å². The van der Waals surface area contributed by atoms with Crippen LogP contribution in [0.3, 0.4) is 0 Å². The van der Waals surface area contributed by atoms with Gasteiger partial charge in [-0.2, -0.15) is 31.3 Å². The van der Waals surface area contributed by atoms with Gasteiger partial charge in [0.05, 0.1) is 17.7 Å². The lowest BCUT2D eigenvalue weighted by Crippen LogP contribution is -2.06. The fourth-order valence-electron chi connectivity index (χ4n) is 3.28. The minimum atomic E-state index is -4.52. The second kappa shape index (κ2) is 6.89. The Kier molecular flexibility index (Phi) is 4.59. The Morgan fingerprint density at radius 2 is 1.67 bits per heavy atom. The summed E-state index contributed by atoms with van der Waals surface area (Å²) >= 11 is 0. The van der Waals surface area contributed by atoms with E-state index in [1.54, 1.807) is 17.6 Å². The van der Waals surface area contributed by atoms with Gasteiger partial charge in [-0.3, -0.25) is 0 Å². The van der Waals surface area contributed by atoms with Gasteiger partial charge in [0.1, 0.15) is 0 Å². The molecule has 0 atom stereocenters. The summed E-state index contributed by atoms with van der Waals surface area (Å²) in [4.78, 5) is 4.11. The monoisotopic (exact) mass is 425 g/mol. The van der Waals surface area contributed by atoms with E-state index in [9.17, 15) is 26.3 Å². The summed E-state index contributed by atoms with van der Waals surface area (Å²) in [5.41, 5.74) is -0.622. The third kappa shape index (κ3) is 3.64. The molecule has 0 saturated heterocycles. The highest BCUT2D eigenvalue weighted by Gasteiger charge is 2.33. The number of aromatic nitrogens is 3. The smallest absolute Gasteiger partial charge is 0.337 e. The lowest BCUT2D eigenvalue weighted by molar-refractivity contribution is -0.138. The minimum absolute atomic E-state index is 0.000888. The summed E-state index contributed by atoms with van der Waals surface area (Å²) in [7, 11) is 0. The number of aryl methyl sites for hydroxylation is 1. The molecule has 0 spiro atoms. The van der Waals surface area contributed by atoms with Crippen LogP contribution in [0, 0.1) is 6.92 Å². The Labute approximate surface area is 165 Å². The lowest BCUT2D eigenvalue weighted by atomic mass is 10.1. The minimum Gasteiger partial charge on any atom is -0.337 e. The van der Waals surface area contributed by atoms with Crippen LogP contribution in [0.15, 0.2) is 53.1 Å². The molecule has 0 fully saturated rings. The third-order valence-electron chi connectivity index (χ3n) is 4.66. The Bertz CT molecular complexity index is 1220. The molecular formula is C20H13F6N3O. The fraction of sp³-hybridized carbons (Fsp3) is 0.200. The number of benzene rings is 2. The van der Waals surface area contributed by atoms with Crippen LogP contribution in [0.4, 0.5) is 26.3 Å². The first-order valence-corrected chi connectivity index (χ1v) is 8.70. The molecular weight excluding hydrogens is 412 g/mol. The molecule has 2 aromatic heterocycles. The number of alkyl halides is 6. The number of hydrogen-bond acceptors (Lipinski definition) is 3. The van der Waals surface area contributed by atoms with Gasteiger partial charge in [-0.15, -0.1) is 0 Å². The Morgan fingerprint density at radius 3 is 2.37 bits per heavy atom. The summed E-state index contributed by atoms with van der Waals surface area (Å²) in [6.45, 7) is 1.65. The zero-order valence-corrected chi connectivity index (χ0v) is 15.3.